The second kappa shape index (κ2) is 23.2. The number of carbonyl (C=O) groups is 5. The minimum Gasteiger partial charge on any atom is -0.463 e. The van der Waals surface area contributed by atoms with Gasteiger partial charge in [-0.25, -0.2) is 14.6 Å². The smallest absolute Gasteiger partial charge is 0.338 e. The molecular weight excluding hydrogens is 1010 g/mol. The highest BCUT2D eigenvalue weighted by atomic mass is 32.2. The van der Waals surface area contributed by atoms with Crippen LogP contribution < -0.4 is 10.7 Å². The van der Waals surface area contributed by atoms with Crippen molar-refractivity contribution in [2.75, 3.05) is 80.4 Å². The number of alkyl halides is 1. The Kier molecular flexibility index (Phi) is 17.9. The first-order valence-electron chi connectivity index (χ1n) is 26.6. The number of rotatable bonds is 11. The number of methoxy groups -OCH3 is 1. The van der Waals surface area contributed by atoms with Gasteiger partial charge in [0.1, 0.15) is 6.04 Å². The third-order valence-corrected chi connectivity index (χ3v) is 17.5. The van der Waals surface area contributed by atoms with Crippen LogP contribution in [0.5, 0.6) is 0 Å². The summed E-state index contributed by atoms with van der Waals surface area (Å²) in [6, 6.07) is 9.40. The van der Waals surface area contributed by atoms with E-state index in [0.717, 1.165) is 61.2 Å². The van der Waals surface area contributed by atoms with E-state index in [9.17, 15) is 14.4 Å². The summed E-state index contributed by atoms with van der Waals surface area (Å²) in [6.07, 6.45) is 6.83. The van der Waals surface area contributed by atoms with E-state index in [1.807, 2.05) is 45.8 Å². The third-order valence-electron chi connectivity index (χ3n) is 15.9. The fourth-order valence-electron chi connectivity index (χ4n) is 10.9. The average molecular weight is 1090 g/mol. The SMILES string of the molecule is CCn1c(-c2cccnc2[C@H](C)OC)c2c3cc(ccc31)C1=CCCN(C1)C[C@@](NC(=O)C(C(C)C)N(C)C(=O)C1(F)CCN(C(=O)C#CC(C)(C)N(C)C)CC1)(SC)C(=O)N1CCC[C@@](S)(N1)C(=O)OCC(C)(C)C2. The number of hydrogen-bond donors (Lipinski definition) is 3. The lowest BCUT2D eigenvalue weighted by atomic mass is 9.84. The zero-order valence-electron chi connectivity index (χ0n) is 46.9. The molecule has 19 heteroatoms. The van der Waals surface area contributed by atoms with Crippen molar-refractivity contribution in [3.8, 4) is 23.1 Å². The fourth-order valence-corrected chi connectivity index (χ4v) is 12.0. The summed E-state index contributed by atoms with van der Waals surface area (Å²) in [6.45, 7) is 17.6. The number of aryl methyl sites for hydroxylation is 1. The van der Waals surface area contributed by atoms with Crippen LogP contribution in [-0.2, 0) is 46.4 Å². The van der Waals surface area contributed by atoms with E-state index in [1.165, 1.54) is 17.0 Å². The zero-order chi connectivity index (χ0) is 55.7. The summed E-state index contributed by atoms with van der Waals surface area (Å²) in [5.41, 5.74) is 6.67. The quantitative estimate of drug-likeness (QED) is 0.0806. The van der Waals surface area contributed by atoms with Crippen molar-refractivity contribution < 1.29 is 37.8 Å². The van der Waals surface area contributed by atoms with E-state index in [4.69, 9.17) is 27.1 Å². The van der Waals surface area contributed by atoms with Crippen LogP contribution in [0.15, 0.2) is 42.6 Å². The molecule has 3 aromatic rings. The maximum atomic E-state index is 17.0. The van der Waals surface area contributed by atoms with Crippen LogP contribution in [0.2, 0.25) is 0 Å². The summed E-state index contributed by atoms with van der Waals surface area (Å²) in [4.78, 5) is 80.6. The molecule has 0 spiro atoms. The number of ether oxygens (including phenoxy) is 2. The Bertz CT molecular complexity index is 2800. The van der Waals surface area contributed by atoms with Crippen LogP contribution in [0.25, 0.3) is 27.7 Å². The first kappa shape index (κ1) is 58.7. The molecule has 4 aliphatic heterocycles. The highest BCUT2D eigenvalue weighted by Crippen LogP contribution is 2.43. The molecule has 16 nitrogen and oxygen atoms in total. The molecule has 2 fully saturated rings. The van der Waals surface area contributed by atoms with Crippen molar-refractivity contribution in [1.82, 2.24) is 44.9 Å². The number of nitrogens with zero attached hydrogens (tertiary/aromatic N) is 7. The predicted molar refractivity (Wildman–Crippen MR) is 301 cm³/mol. The van der Waals surface area contributed by atoms with Crippen LogP contribution in [0.4, 0.5) is 4.39 Å². The Balaban J connectivity index is 1.24. The molecule has 0 saturated carbocycles. The Morgan fingerprint density at radius 3 is 2.42 bits per heavy atom. The van der Waals surface area contributed by atoms with Gasteiger partial charge in [-0.15, -0.1) is 24.4 Å². The molecular formula is C57H80FN9O7S2. The lowest BCUT2D eigenvalue weighted by Gasteiger charge is -2.46. The van der Waals surface area contributed by atoms with Crippen molar-refractivity contribution in [2.45, 2.75) is 134 Å². The second-order valence-electron chi connectivity index (χ2n) is 22.9. The van der Waals surface area contributed by atoms with Crippen molar-refractivity contribution in [3.63, 3.8) is 0 Å². The highest BCUT2D eigenvalue weighted by Gasteiger charge is 2.52. The first-order chi connectivity index (χ1) is 35.7. The summed E-state index contributed by atoms with van der Waals surface area (Å²) in [7, 11) is 6.84. The fraction of sp³-hybridized carbons (Fsp3) is 0.614. The Hall–Kier alpha value is -4.97. The number of hydrazine groups is 1. The molecule has 6 heterocycles. The zero-order valence-corrected chi connectivity index (χ0v) is 48.6. The number of likely N-dealkylation sites (tertiary alicyclic amines) is 1. The van der Waals surface area contributed by atoms with Crippen molar-refractivity contribution in [3.05, 3.63) is 59.4 Å². The minimum atomic E-state index is -2.36. The Morgan fingerprint density at radius 1 is 1.07 bits per heavy atom. The van der Waals surface area contributed by atoms with Gasteiger partial charge in [-0.05, 0) is 127 Å². The number of amides is 4. The summed E-state index contributed by atoms with van der Waals surface area (Å²) < 4.78 is 31.3. The maximum absolute atomic E-state index is 17.0. The standard InChI is InChI=1S/C57H80FN9O7S2/c1-14-66-44-21-20-39-32-42(44)43(48(66)41-19-15-27-59-46(41)38(4)73-12)33-53(5,6)36-74-52(72)56(75)23-17-29-67(61-56)51(71)57(76-13,35-64-28-16-18-40(39)34-64)60-49(69)47(37(2)3)63(11)50(70)55(58)25-30-65(31-26-55)45(68)22-24-54(7,8)62(9)10/h15,18-21,27,32,37-38,47,61,75H,14,16-17,23,25-26,28-31,33-36H2,1-13H3,(H,60,69)/t38-,47?,56-,57+/m0/s1. The second-order valence-corrected chi connectivity index (χ2v) is 24.8. The van der Waals surface area contributed by atoms with E-state index >= 15 is 14.0 Å². The van der Waals surface area contributed by atoms with E-state index in [-0.39, 0.29) is 58.2 Å². The van der Waals surface area contributed by atoms with Gasteiger partial charge >= 0.3 is 5.97 Å². The molecule has 0 radical (unpaired) electrons. The number of piperidine rings is 1. The molecule has 2 N–H and O–H groups in total. The predicted octanol–water partition coefficient (Wildman–Crippen LogP) is 6.73. The van der Waals surface area contributed by atoms with Gasteiger partial charge in [0.15, 0.2) is 15.4 Å². The molecule has 2 saturated heterocycles. The van der Waals surface area contributed by atoms with Gasteiger partial charge in [-0.3, -0.25) is 39.0 Å². The van der Waals surface area contributed by atoms with E-state index in [1.54, 1.807) is 33.4 Å². The van der Waals surface area contributed by atoms with Crippen LogP contribution in [0.3, 0.4) is 0 Å². The molecule has 4 amide bonds. The number of thioether (sulfide) groups is 1. The number of pyridine rings is 1. The molecule has 414 valence electrons. The number of thiol groups is 1. The number of esters is 1. The van der Waals surface area contributed by atoms with Gasteiger partial charge in [0.05, 0.1) is 29.6 Å². The highest BCUT2D eigenvalue weighted by molar-refractivity contribution is 8.00. The van der Waals surface area contributed by atoms with E-state index in [2.05, 4.69) is 83.2 Å². The van der Waals surface area contributed by atoms with Crippen molar-refractivity contribution in [2.24, 2.45) is 11.3 Å². The largest absolute Gasteiger partial charge is 0.463 e. The number of nitrogens with one attached hydrogen (secondary N) is 2. The van der Waals surface area contributed by atoms with E-state index in [0.29, 0.717) is 38.9 Å². The molecule has 2 unspecified atom stereocenters. The van der Waals surface area contributed by atoms with Gasteiger partial charge < -0.3 is 29.2 Å². The molecule has 76 heavy (non-hydrogen) atoms. The topological polar surface area (TPSA) is 162 Å². The van der Waals surface area contributed by atoms with Gasteiger partial charge in [0.25, 0.3) is 17.7 Å². The van der Waals surface area contributed by atoms with Crippen molar-refractivity contribution >= 4 is 70.5 Å². The Morgan fingerprint density at radius 2 is 1.78 bits per heavy atom. The Labute approximate surface area is 459 Å². The lowest BCUT2D eigenvalue weighted by Crippen LogP contribution is -2.71. The summed E-state index contributed by atoms with van der Waals surface area (Å²) in [5, 5.41) is 5.56. The molecule has 0 aliphatic carbocycles. The number of likely N-dealkylation sites (N-methyl/N-ethyl adjacent to an activating group) is 1. The monoisotopic (exact) mass is 1090 g/mol. The summed E-state index contributed by atoms with van der Waals surface area (Å²) in [5.74, 6) is 2.07. The molecule has 1 aromatic carbocycles. The number of fused-ring (bicyclic) bond motifs is 6. The van der Waals surface area contributed by atoms with Gasteiger partial charge in [0, 0.05) is 101 Å². The number of benzene rings is 1. The first-order valence-corrected chi connectivity index (χ1v) is 28.3. The number of hydrogen-bond acceptors (Lipinski definition) is 13. The minimum absolute atomic E-state index is 0.0241. The molecule has 4 aliphatic rings. The number of aromatic nitrogens is 2. The van der Waals surface area contributed by atoms with Gasteiger partial charge in [-0.2, -0.15) is 0 Å². The molecule has 6 bridgehead atoms. The van der Waals surface area contributed by atoms with E-state index < -0.39 is 67.9 Å². The lowest BCUT2D eigenvalue weighted by molar-refractivity contribution is -0.158. The average Bonchev–Trinajstić information content (AvgIpc) is 3.73. The maximum Gasteiger partial charge on any atom is 0.338 e. The number of carbonyl (C=O) groups excluding carboxylic acids is 5. The van der Waals surface area contributed by atoms with Crippen molar-refractivity contribution in [1.29, 1.82) is 0 Å². The van der Waals surface area contributed by atoms with Crippen LogP contribution >= 0.6 is 24.4 Å². The third kappa shape index (κ3) is 12.0. The number of cyclic esters (lactones) is 1. The number of halogens is 1. The van der Waals surface area contributed by atoms with Crippen LogP contribution in [-0.4, -0.2) is 171 Å². The normalized spacial score (nSPS) is 24.0. The van der Waals surface area contributed by atoms with Crippen LogP contribution in [0, 0.1) is 23.2 Å². The summed E-state index contributed by atoms with van der Waals surface area (Å²) >= 11 is 6.07. The molecule has 2 aromatic heterocycles. The van der Waals surface area contributed by atoms with Crippen LogP contribution in [0.1, 0.15) is 110 Å². The molecule has 5 atom stereocenters. The van der Waals surface area contributed by atoms with Gasteiger partial charge in [0.2, 0.25) is 5.91 Å². The molecule has 7 rings (SSSR count). The van der Waals surface area contributed by atoms with Gasteiger partial charge in [-0.1, -0.05) is 45.8 Å².